The van der Waals surface area contributed by atoms with Gasteiger partial charge >= 0.3 is 0 Å². The Kier molecular flexibility index (Phi) is 4.99. The molecule has 1 aromatic heterocycles. The van der Waals surface area contributed by atoms with Crippen molar-refractivity contribution >= 4 is 6.29 Å². The maximum atomic E-state index is 10.8. The van der Waals surface area contributed by atoms with Crippen LogP contribution < -0.4 is 14.2 Å². The van der Waals surface area contributed by atoms with Gasteiger partial charge in [-0.1, -0.05) is 0 Å². The monoisotopic (exact) mass is 301 g/mol. The highest BCUT2D eigenvalue weighted by molar-refractivity contribution is 5.76. The zero-order valence-electron chi connectivity index (χ0n) is 13.2. The summed E-state index contributed by atoms with van der Waals surface area (Å²) in [6, 6.07) is 5.03. The Morgan fingerprint density at radius 2 is 1.91 bits per heavy atom. The van der Waals surface area contributed by atoms with Gasteiger partial charge in [0.1, 0.15) is 18.6 Å². The van der Waals surface area contributed by atoms with Crippen molar-refractivity contribution in [3.8, 4) is 17.2 Å². The van der Waals surface area contributed by atoms with Crippen LogP contribution in [0.5, 0.6) is 17.2 Å². The Balaban J connectivity index is 2.22. The number of rotatable bonds is 6. The quantitative estimate of drug-likeness (QED) is 0.767. The first-order valence-electron chi connectivity index (χ1n) is 6.85. The second-order valence-corrected chi connectivity index (χ2v) is 4.86. The van der Waals surface area contributed by atoms with E-state index in [0.717, 1.165) is 28.9 Å². The molecule has 116 valence electrons. The van der Waals surface area contributed by atoms with E-state index in [0.29, 0.717) is 23.7 Å². The van der Waals surface area contributed by atoms with E-state index in [4.69, 9.17) is 14.2 Å². The molecular formula is C17H19NO4. The van der Waals surface area contributed by atoms with Crippen LogP contribution in [0.1, 0.15) is 27.2 Å². The molecule has 5 nitrogen and oxygen atoms in total. The Morgan fingerprint density at radius 1 is 1.14 bits per heavy atom. The lowest BCUT2D eigenvalue weighted by Gasteiger charge is -2.14. The number of pyridine rings is 1. The molecule has 2 aromatic rings. The van der Waals surface area contributed by atoms with Crippen molar-refractivity contribution in [2.24, 2.45) is 0 Å². The van der Waals surface area contributed by atoms with Crippen LogP contribution >= 0.6 is 0 Å². The molecule has 0 N–H and O–H groups in total. The van der Waals surface area contributed by atoms with Gasteiger partial charge < -0.3 is 14.2 Å². The summed E-state index contributed by atoms with van der Waals surface area (Å²) in [6.07, 6.45) is 2.53. The average molecular weight is 301 g/mol. The zero-order chi connectivity index (χ0) is 16.1. The van der Waals surface area contributed by atoms with Crippen LogP contribution in [0.2, 0.25) is 0 Å². The summed E-state index contributed by atoms with van der Waals surface area (Å²) >= 11 is 0. The summed E-state index contributed by atoms with van der Waals surface area (Å²) in [6.45, 7) is 4.19. The maximum absolute atomic E-state index is 10.8. The molecule has 1 aromatic carbocycles. The molecule has 0 amide bonds. The molecule has 1 heterocycles. The van der Waals surface area contributed by atoms with E-state index in [1.165, 1.54) is 7.11 Å². The number of ether oxygens (including phenoxy) is 3. The van der Waals surface area contributed by atoms with E-state index >= 15 is 0 Å². The van der Waals surface area contributed by atoms with E-state index in [2.05, 4.69) is 4.98 Å². The molecule has 0 atom stereocenters. The standard InChI is InChI=1S/C17H19NO4/c1-11-8-18-14(12(2)17(11)21-4)10-22-15-6-5-13(9-19)7-16(15)20-3/h5-9H,10H2,1-4H3. The van der Waals surface area contributed by atoms with E-state index < -0.39 is 0 Å². The molecule has 0 bridgehead atoms. The maximum Gasteiger partial charge on any atom is 0.161 e. The van der Waals surface area contributed by atoms with Crippen molar-refractivity contribution in [1.29, 1.82) is 0 Å². The number of benzene rings is 1. The van der Waals surface area contributed by atoms with E-state index in [1.54, 1.807) is 31.5 Å². The minimum atomic E-state index is 0.291. The lowest BCUT2D eigenvalue weighted by atomic mass is 10.1. The number of carbonyl (C=O) groups is 1. The molecule has 5 heteroatoms. The van der Waals surface area contributed by atoms with Gasteiger partial charge in [-0.3, -0.25) is 9.78 Å². The van der Waals surface area contributed by atoms with Crippen LogP contribution in [0.4, 0.5) is 0 Å². The van der Waals surface area contributed by atoms with Gasteiger partial charge in [-0.05, 0) is 32.0 Å². The van der Waals surface area contributed by atoms with Gasteiger partial charge in [0.25, 0.3) is 0 Å². The molecule has 0 aliphatic heterocycles. The third-order valence-electron chi connectivity index (χ3n) is 3.44. The summed E-state index contributed by atoms with van der Waals surface area (Å²) in [5.74, 6) is 1.90. The van der Waals surface area contributed by atoms with Crippen LogP contribution in [0.3, 0.4) is 0 Å². The number of nitrogens with zero attached hydrogens (tertiary/aromatic N) is 1. The minimum absolute atomic E-state index is 0.291. The molecular weight excluding hydrogens is 282 g/mol. The zero-order valence-corrected chi connectivity index (χ0v) is 13.2. The highest BCUT2D eigenvalue weighted by Gasteiger charge is 2.11. The van der Waals surface area contributed by atoms with Crippen molar-refractivity contribution in [3.63, 3.8) is 0 Å². The number of hydrogen-bond acceptors (Lipinski definition) is 5. The molecule has 0 spiro atoms. The number of aromatic nitrogens is 1. The first-order valence-corrected chi connectivity index (χ1v) is 6.85. The van der Waals surface area contributed by atoms with E-state index in [1.807, 2.05) is 13.8 Å². The normalized spacial score (nSPS) is 10.2. The minimum Gasteiger partial charge on any atom is -0.496 e. The van der Waals surface area contributed by atoms with Crippen LogP contribution in [0.25, 0.3) is 0 Å². The summed E-state index contributed by atoms with van der Waals surface area (Å²) in [4.78, 5) is 15.2. The van der Waals surface area contributed by atoms with Gasteiger partial charge in [-0.2, -0.15) is 0 Å². The third-order valence-corrected chi connectivity index (χ3v) is 3.44. The van der Waals surface area contributed by atoms with E-state index in [9.17, 15) is 4.79 Å². The first-order chi connectivity index (χ1) is 10.6. The van der Waals surface area contributed by atoms with Gasteiger partial charge in [-0.25, -0.2) is 0 Å². The number of aldehydes is 1. The lowest BCUT2D eigenvalue weighted by molar-refractivity contribution is 0.112. The molecule has 0 saturated carbocycles. The number of methoxy groups -OCH3 is 2. The lowest BCUT2D eigenvalue weighted by Crippen LogP contribution is -2.05. The topological polar surface area (TPSA) is 57.7 Å². The fraction of sp³-hybridized carbons (Fsp3) is 0.294. The van der Waals surface area contributed by atoms with E-state index in [-0.39, 0.29) is 0 Å². The van der Waals surface area contributed by atoms with Crippen molar-refractivity contribution in [2.75, 3.05) is 14.2 Å². The van der Waals surface area contributed by atoms with Crippen molar-refractivity contribution in [3.05, 3.63) is 46.8 Å². The summed E-state index contributed by atoms with van der Waals surface area (Å²) in [5, 5.41) is 0. The molecule has 0 saturated heterocycles. The summed E-state index contributed by atoms with van der Waals surface area (Å²) in [7, 11) is 3.18. The van der Waals surface area contributed by atoms with Gasteiger partial charge in [0.2, 0.25) is 0 Å². The molecule has 0 radical (unpaired) electrons. The molecule has 0 fully saturated rings. The fourth-order valence-electron chi connectivity index (χ4n) is 2.24. The Hall–Kier alpha value is -2.56. The summed E-state index contributed by atoms with van der Waals surface area (Å²) < 4.78 is 16.4. The Morgan fingerprint density at radius 3 is 2.55 bits per heavy atom. The second kappa shape index (κ2) is 6.93. The number of aryl methyl sites for hydroxylation is 1. The Labute approximate surface area is 129 Å². The van der Waals surface area contributed by atoms with Gasteiger partial charge in [0, 0.05) is 22.9 Å². The molecule has 0 aliphatic rings. The molecule has 22 heavy (non-hydrogen) atoms. The predicted molar refractivity (Wildman–Crippen MR) is 83.0 cm³/mol. The van der Waals surface area contributed by atoms with Crippen LogP contribution in [-0.2, 0) is 6.61 Å². The van der Waals surface area contributed by atoms with Gasteiger partial charge in [0.05, 0.1) is 19.9 Å². The molecule has 0 unspecified atom stereocenters. The summed E-state index contributed by atoms with van der Waals surface area (Å²) in [5.41, 5.74) is 3.27. The fourth-order valence-corrected chi connectivity index (χ4v) is 2.24. The molecule has 0 aliphatic carbocycles. The molecule has 2 rings (SSSR count). The van der Waals surface area contributed by atoms with Crippen LogP contribution in [0.15, 0.2) is 24.4 Å². The van der Waals surface area contributed by atoms with Gasteiger partial charge in [0.15, 0.2) is 11.5 Å². The largest absolute Gasteiger partial charge is 0.496 e. The van der Waals surface area contributed by atoms with Crippen molar-refractivity contribution < 1.29 is 19.0 Å². The third kappa shape index (κ3) is 3.19. The first kappa shape index (κ1) is 15.8. The van der Waals surface area contributed by atoms with Crippen molar-refractivity contribution in [2.45, 2.75) is 20.5 Å². The highest BCUT2D eigenvalue weighted by atomic mass is 16.5. The smallest absolute Gasteiger partial charge is 0.161 e. The number of hydrogen-bond donors (Lipinski definition) is 0. The van der Waals surface area contributed by atoms with Crippen molar-refractivity contribution in [1.82, 2.24) is 4.98 Å². The van der Waals surface area contributed by atoms with Crippen LogP contribution in [0, 0.1) is 13.8 Å². The number of carbonyl (C=O) groups excluding carboxylic acids is 1. The van der Waals surface area contributed by atoms with Gasteiger partial charge in [-0.15, -0.1) is 0 Å². The SMILES string of the molecule is COc1cc(C=O)ccc1OCc1ncc(C)c(OC)c1C. The van der Waals surface area contributed by atoms with Crippen LogP contribution in [-0.4, -0.2) is 25.5 Å². The second-order valence-electron chi connectivity index (χ2n) is 4.86. The average Bonchev–Trinajstić information content (AvgIpc) is 2.54. The Bertz CT molecular complexity index is 683. The predicted octanol–water partition coefficient (Wildman–Crippen LogP) is 3.11. The highest BCUT2D eigenvalue weighted by Crippen LogP contribution is 2.29.